The van der Waals surface area contributed by atoms with Gasteiger partial charge >= 0.3 is 0 Å². The molecular formula is C11H16BrNO. The van der Waals surface area contributed by atoms with Crippen molar-refractivity contribution in [1.82, 2.24) is 4.90 Å². The van der Waals surface area contributed by atoms with E-state index < -0.39 is 0 Å². The highest BCUT2D eigenvalue weighted by molar-refractivity contribution is 9.10. The van der Waals surface area contributed by atoms with Crippen molar-refractivity contribution in [2.45, 2.75) is 19.6 Å². The normalized spacial score (nSPS) is 13.2. The molecule has 0 saturated carbocycles. The second-order valence-electron chi connectivity index (χ2n) is 3.67. The van der Waals surface area contributed by atoms with Gasteiger partial charge in [-0.15, -0.1) is 0 Å². The van der Waals surface area contributed by atoms with E-state index in [4.69, 9.17) is 0 Å². The molecule has 1 N–H and O–H groups in total. The van der Waals surface area contributed by atoms with Gasteiger partial charge in [-0.1, -0.05) is 28.1 Å². The van der Waals surface area contributed by atoms with Crippen molar-refractivity contribution in [2.75, 3.05) is 13.6 Å². The van der Waals surface area contributed by atoms with Crippen molar-refractivity contribution in [3.8, 4) is 0 Å². The molecule has 1 aromatic rings. The standard InChI is InChI=1S/C11H16BrNO/c1-9(14)7-13(2)8-10-3-5-11(12)6-4-10/h3-6,9,14H,7-8H2,1-2H3/t9-/m0/s1. The Morgan fingerprint density at radius 2 is 1.93 bits per heavy atom. The number of aliphatic hydroxyl groups is 1. The molecule has 0 heterocycles. The van der Waals surface area contributed by atoms with E-state index in [1.54, 1.807) is 6.92 Å². The lowest BCUT2D eigenvalue weighted by atomic mass is 10.2. The zero-order chi connectivity index (χ0) is 10.6. The van der Waals surface area contributed by atoms with Crippen LogP contribution < -0.4 is 0 Å². The predicted octanol–water partition coefficient (Wildman–Crippen LogP) is 2.26. The molecule has 0 aromatic heterocycles. The van der Waals surface area contributed by atoms with Crippen LogP contribution in [0.15, 0.2) is 28.7 Å². The third-order valence-corrected chi connectivity index (χ3v) is 2.47. The van der Waals surface area contributed by atoms with E-state index in [9.17, 15) is 5.11 Å². The van der Waals surface area contributed by atoms with Crippen molar-refractivity contribution in [2.24, 2.45) is 0 Å². The topological polar surface area (TPSA) is 23.5 Å². The molecule has 0 saturated heterocycles. The zero-order valence-electron chi connectivity index (χ0n) is 8.57. The quantitative estimate of drug-likeness (QED) is 0.895. The molecule has 0 bridgehead atoms. The van der Waals surface area contributed by atoms with Gasteiger partial charge < -0.3 is 5.11 Å². The van der Waals surface area contributed by atoms with E-state index in [1.807, 2.05) is 19.2 Å². The Kier molecular flexibility index (Phi) is 4.58. The Balaban J connectivity index is 2.47. The number of nitrogens with zero attached hydrogens (tertiary/aromatic N) is 1. The molecule has 1 aromatic carbocycles. The van der Waals surface area contributed by atoms with Gasteiger partial charge in [-0.05, 0) is 31.7 Å². The maximum atomic E-state index is 9.20. The van der Waals surface area contributed by atoms with Gasteiger partial charge in [-0.3, -0.25) is 4.90 Å². The van der Waals surface area contributed by atoms with E-state index >= 15 is 0 Å². The summed E-state index contributed by atoms with van der Waals surface area (Å²) in [6.45, 7) is 3.38. The van der Waals surface area contributed by atoms with Crippen LogP contribution in [-0.4, -0.2) is 29.7 Å². The Hall–Kier alpha value is -0.380. The molecular weight excluding hydrogens is 242 g/mol. The van der Waals surface area contributed by atoms with Crippen LogP contribution in [0, 0.1) is 0 Å². The molecule has 0 aliphatic heterocycles. The molecule has 0 amide bonds. The lowest BCUT2D eigenvalue weighted by Gasteiger charge is -2.18. The van der Waals surface area contributed by atoms with E-state index in [0.29, 0.717) is 6.54 Å². The molecule has 0 aliphatic rings. The van der Waals surface area contributed by atoms with Gasteiger partial charge in [0.05, 0.1) is 6.10 Å². The second kappa shape index (κ2) is 5.49. The van der Waals surface area contributed by atoms with Gasteiger partial charge in [0, 0.05) is 17.6 Å². The largest absolute Gasteiger partial charge is 0.392 e. The van der Waals surface area contributed by atoms with Crippen LogP contribution in [0.3, 0.4) is 0 Å². The fraction of sp³-hybridized carbons (Fsp3) is 0.455. The first-order valence-electron chi connectivity index (χ1n) is 4.69. The second-order valence-corrected chi connectivity index (χ2v) is 4.59. The maximum Gasteiger partial charge on any atom is 0.0639 e. The number of hydrogen-bond acceptors (Lipinski definition) is 2. The third kappa shape index (κ3) is 4.22. The third-order valence-electron chi connectivity index (χ3n) is 1.94. The van der Waals surface area contributed by atoms with Crippen LogP contribution in [0.1, 0.15) is 12.5 Å². The number of benzene rings is 1. The smallest absolute Gasteiger partial charge is 0.0639 e. The van der Waals surface area contributed by atoms with E-state index in [2.05, 4.69) is 33.0 Å². The summed E-state index contributed by atoms with van der Waals surface area (Å²) >= 11 is 3.40. The average molecular weight is 258 g/mol. The monoisotopic (exact) mass is 257 g/mol. The van der Waals surface area contributed by atoms with Crippen LogP contribution in [0.5, 0.6) is 0 Å². The number of aliphatic hydroxyl groups excluding tert-OH is 1. The summed E-state index contributed by atoms with van der Waals surface area (Å²) < 4.78 is 1.10. The van der Waals surface area contributed by atoms with Crippen molar-refractivity contribution >= 4 is 15.9 Å². The zero-order valence-corrected chi connectivity index (χ0v) is 10.2. The lowest BCUT2D eigenvalue weighted by molar-refractivity contribution is 0.138. The van der Waals surface area contributed by atoms with E-state index in [-0.39, 0.29) is 6.10 Å². The van der Waals surface area contributed by atoms with Crippen LogP contribution in [0.4, 0.5) is 0 Å². The number of rotatable bonds is 4. The van der Waals surface area contributed by atoms with Crippen LogP contribution in [0.25, 0.3) is 0 Å². The highest BCUT2D eigenvalue weighted by Crippen LogP contribution is 2.11. The molecule has 3 heteroatoms. The van der Waals surface area contributed by atoms with Gasteiger partial charge in [0.2, 0.25) is 0 Å². The van der Waals surface area contributed by atoms with Crippen molar-refractivity contribution in [3.05, 3.63) is 34.3 Å². The van der Waals surface area contributed by atoms with Crippen molar-refractivity contribution in [3.63, 3.8) is 0 Å². The fourth-order valence-electron chi connectivity index (χ4n) is 1.42. The van der Waals surface area contributed by atoms with Gasteiger partial charge in [0.1, 0.15) is 0 Å². The minimum absolute atomic E-state index is 0.268. The summed E-state index contributed by atoms with van der Waals surface area (Å²) in [5.41, 5.74) is 1.26. The molecule has 14 heavy (non-hydrogen) atoms. The molecule has 0 radical (unpaired) electrons. The minimum atomic E-state index is -0.268. The maximum absolute atomic E-state index is 9.20. The van der Waals surface area contributed by atoms with Gasteiger partial charge in [0.15, 0.2) is 0 Å². The summed E-state index contributed by atoms with van der Waals surface area (Å²) in [5.74, 6) is 0. The van der Waals surface area contributed by atoms with Gasteiger partial charge in [-0.2, -0.15) is 0 Å². The van der Waals surface area contributed by atoms with Crippen LogP contribution in [-0.2, 0) is 6.54 Å². The Morgan fingerprint density at radius 1 is 1.36 bits per heavy atom. The fourth-order valence-corrected chi connectivity index (χ4v) is 1.68. The van der Waals surface area contributed by atoms with Crippen molar-refractivity contribution < 1.29 is 5.11 Å². The minimum Gasteiger partial charge on any atom is -0.392 e. The highest BCUT2D eigenvalue weighted by Gasteiger charge is 2.03. The first-order chi connectivity index (χ1) is 6.58. The molecule has 0 aliphatic carbocycles. The summed E-state index contributed by atoms with van der Waals surface area (Å²) in [6.07, 6.45) is -0.268. The SMILES string of the molecule is C[C@H](O)CN(C)Cc1ccc(Br)cc1. The Bertz CT molecular complexity index is 271. The lowest BCUT2D eigenvalue weighted by Crippen LogP contribution is -2.26. The molecule has 2 nitrogen and oxygen atoms in total. The number of likely N-dealkylation sites (N-methyl/N-ethyl adjacent to an activating group) is 1. The molecule has 78 valence electrons. The van der Waals surface area contributed by atoms with Crippen LogP contribution in [0.2, 0.25) is 0 Å². The molecule has 0 fully saturated rings. The molecule has 0 spiro atoms. The van der Waals surface area contributed by atoms with Gasteiger partial charge in [-0.25, -0.2) is 0 Å². The molecule has 1 atom stereocenters. The van der Waals surface area contributed by atoms with Gasteiger partial charge in [0.25, 0.3) is 0 Å². The molecule has 0 unspecified atom stereocenters. The Labute approximate surface area is 93.7 Å². The van der Waals surface area contributed by atoms with E-state index in [0.717, 1.165) is 11.0 Å². The summed E-state index contributed by atoms with van der Waals surface area (Å²) in [7, 11) is 2.01. The predicted molar refractivity (Wildman–Crippen MR) is 62.2 cm³/mol. The first kappa shape index (κ1) is 11.7. The van der Waals surface area contributed by atoms with Crippen molar-refractivity contribution in [1.29, 1.82) is 0 Å². The average Bonchev–Trinajstić information content (AvgIpc) is 2.07. The summed E-state index contributed by atoms with van der Waals surface area (Å²) in [6, 6.07) is 8.24. The number of hydrogen-bond donors (Lipinski definition) is 1. The first-order valence-corrected chi connectivity index (χ1v) is 5.48. The summed E-state index contributed by atoms with van der Waals surface area (Å²) in [4.78, 5) is 2.11. The Morgan fingerprint density at radius 3 is 2.43 bits per heavy atom. The number of halogens is 1. The highest BCUT2D eigenvalue weighted by atomic mass is 79.9. The van der Waals surface area contributed by atoms with Crippen LogP contribution >= 0.6 is 15.9 Å². The molecule has 1 rings (SSSR count). The van der Waals surface area contributed by atoms with E-state index in [1.165, 1.54) is 5.56 Å². The summed E-state index contributed by atoms with van der Waals surface area (Å²) in [5, 5.41) is 9.20.